The average molecular weight is 445 g/mol. The number of ether oxygens (including phenoxy) is 1. The zero-order valence-corrected chi connectivity index (χ0v) is 18.5. The lowest BCUT2D eigenvalue weighted by Crippen LogP contribution is -2.51. The topological polar surface area (TPSA) is 91.8 Å². The summed E-state index contributed by atoms with van der Waals surface area (Å²) in [6.45, 7) is 7.15. The third kappa shape index (κ3) is 5.32. The average Bonchev–Trinajstić information content (AvgIpc) is 2.76. The molecule has 8 nitrogen and oxygen atoms in total. The second-order valence-corrected chi connectivity index (χ2v) is 7.63. The van der Waals surface area contributed by atoms with Crippen molar-refractivity contribution >= 4 is 35.2 Å². The van der Waals surface area contributed by atoms with E-state index in [1.54, 1.807) is 41.8 Å². The fourth-order valence-corrected chi connectivity index (χ4v) is 3.43. The molecule has 0 radical (unpaired) electrons. The molecule has 0 aliphatic carbocycles. The van der Waals surface area contributed by atoms with Crippen LogP contribution in [0.4, 0.5) is 10.5 Å². The number of nitrogens with one attached hydrogen (secondary N) is 1. The quantitative estimate of drug-likeness (QED) is 0.728. The predicted molar refractivity (Wildman–Crippen MR) is 118 cm³/mol. The Balaban J connectivity index is 1.58. The van der Waals surface area contributed by atoms with Gasteiger partial charge in [-0.3, -0.25) is 4.79 Å². The van der Waals surface area contributed by atoms with Crippen molar-refractivity contribution in [3.05, 3.63) is 57.9 Å². The summed E-state index contributed by atoms with van der Waals surface area (Å²) in [6.07, 6.45) is 0. The lowest BCUT2D eigenvalue weighted by atomic mass is 10.1. The van der Waals surface area contributed by atoms with Gasteiger partial charge in [0.25, 0.3) is 5.91 Å². The summed E-state index contributed by atoms with van der Waals surface area (Å²) in [7, 11) is 0. The van der Waals surface area contributed by atoms with E-state index in [0.717, 1.165) is 5.56 Å². The Kier molecular flexibility index (Phi) is 7.12. The molecule has 0 spiro atoms. The number of pyridine rings is 1. The number of urea groups is 1. The van der Waals surface area contributed by atoms with Crippen molar-refractivity contribution in [2.24, 2.45) is 0 Å². The van der Waals surface area contributed by atoms with Crippen LogP contribution in [0, 0.1) is 13.8 Å². The number of anilines is 1. The molecule has 0 saturated carbocycles. The van der Waals surface area contributed by atoms with Crippen molar-refractivity contribution in [2.45, 2.75) is 20.8 Å². The molecule has 1 aromatic carbocycles. The van der Waals surface area contributed by atoms with Gasteiger partial charge in [0.2, 0.25) is 0 Å². The van der Waals surface area contributed by atoms with Gasteiger partial charge in [0.05, 0.1) is 17.9 Å². The van der Waals surface area contributed by atoms with Gasteiger partial charge in [-0.2, -0.15) is 0 Å². The molecule has 31 heavy (non-hydrogen) atoms. The molecular weight excluding hydrogens is 420 g/mol. The number of rotatable bonds is 4. The number of amides is 3. The van der Waals surface area contributed by atoms with Crippen LogP contribution in [0.25, 0.3) is 0 Å². The third-order valence-electron chi connectivity index (χ3n) is 5.08. The Morgan fingerprint density at radius 3 is 2.35 bits per heavy atom. The van der Waals surface area contributed by atoms with E-state index in [2.05, 4.69) is 10.3 Å². The number of hydrogen-bond acceptors (Lipinski definition) is 5. The van der Waals surface area contributed by atoms with Crippen LogP contribution in [0.2, 0.25) is 5.02 Å². The van der Waals surface area contributed by atoms with Crippen molar-refractivity contribution < 1.29 is 19.1 Å². The second-order valence-electron chi connectivity index (χ2n) is 7.22. The Morgan fingerprint density at radius 2 is 1.74 bits per heavy atom. The highest BCUT2D eigenvalue weighted by Crippen LogP contribution is 2.20. The minimum absolute atomic E-state index is 0.233. The van der Waals surface area contributed by atoms with Crippen LogP contribution in [0.5, 0.6) is 0 Å². The Hall–Kier alpha value is -3.13. The SMILES string of the molecule is CCOC(=O)c1ccc(C(=O)N2CCN(C(=O)Nc3ccc(C)c(Cl)c3)CC2)nc1C. The van der Waals surface area contributed by atoms with E-state index in [4.69, 9.17) is 16.3 Å². The number of esters is 1. The fourth-order valence-electron chi connectivity index (χ4n) is 3.25. The number of benzene rings is 1. The van der Waals surface area contributed by atoms with Gasteiger partial charge >= 0.3 is 12.0 Å². The molecule has 1 aliphatic rings. The molecule has 2 heterocycles. The first-order chi connectivity index (χ1) is 14.8. The summed E-state index contributed by atoms with van der Waals surface area (Å²) in [4.78, 5) is 44.8. The van der Waals surface area contributed by atoms with Crippen LogP contribution in [0.3, 0.4) is 0 Å². The molecule has 0 bridgehead atoms. The van der Waals surface area contributed by atoms with Crippen LogP contribution in [-0.2, 0) is 4.74 Å². The summed E-state index contributed by atoms with van der Waals surface area (Å²) in [5.74, 6) is -0.690. The van der Waals surface area contributed by atoms with Crippen molar-refractivity contribution in [1.29, 1.82) is 0 Å². The maximum atomic E-state index is 12.8. The lowest BCUT2D eigenvalue weighted by molar-refractivity contribution is 0.0523. The van der Waals surface area contributed by atoms with Gasteiger partial charge in [-0.25, -0.2) is 14.6 Å². The first kappa shape index (κ1) is 22.6. The number of carbonyl (C=O) groups is 3. The van der Waals surface area contributed by atoms with Gasteiger partial charge in [-0.05, 0) is 50.6 Å². The van der Waals surface area contributed by atoms with Gasteiger partial charge in [-0.15, -0.1) is 0 Å². The molecule has 0 atom stereocenters. The predicted octanol–water partition coefficient (Wildman–Crippen LogP) is 3.52. The highest BCUT2D eigenvalue weighted by atomic mass is 35.5. The number of piperazine rings is 1. The van der Waals surface area contributed by atoms with Crippen LogP contribution < -0.4 is 5.32 Å². The molecule has 1 aliphatic heterocycles. The van der Waals surface area contributed by atoms with Crippen LogP contribution in [-0.4, -0.2) is 65.5 Å². The third-order valence-corrected chi connectivity index (χ3v) is 5.48. The van der Waals surface area contributed by atoms with Crippen molar-refractivity contribution in [3.63, 3.8) is 0 Å². The van der Waals surface area contributed by atoms with E-state index in [1.165, 1.54) is 6.07 Å². The standard InChI is InChI=1S/C22H25ClN4O4/c1-4-31-21(29)17-7-8-19(24-15(17)3)20(28)26-9-11-27(12-10-26)22(30)25-16-6-5-14(2)18(23)13-16/h5-8,13H,4,9-12H2,1-3H3,(H,25,30). The number of aromatic nitrogens is 1. The molecule has 9 heteroatoms. The van der Waals surface area contributed by atoms with Gasteiger partial charge in [0.1, 0.15) is 5.69 Å². The highest BCUT2D eigenvalue weighted by Gasteiger charge is 2.26. The second kappa shape index (κ2) is 9.78. The zero-order chi connectivity index (χ0) is 22.5. The Labute approximate surface area is 186 Å². The van der Waals surface area contributed by atoms with Gasteiger partial charge in [-0.1, -0.05) is 17.7 Å². The van der Waals surface area contributed by atoms with Crippen molar-refractivity contribution in [1.82, 2.24) is 14.8 Å². The van der Waals surface area contributed by atoms with E-state index < -0.39 is 5.97 Å². The Bertz CT molecular complexity index is 1000. The highest BCUT2D eigenvalue weighted by molar-refractivity contribution is 6.31. The van der Waals surface area contributed by atoms with E-state index in [-0.39, 0.29) is 24.2 Å². The molecule has 2 aromatic rings. The largest absolute Gasteiger partial charge is 0.462 e. The van der Waals surface area contributed by atoms with Gasteiger partial charge in [0, 0.05) is 36.9 Å². The minimum Gasteiger partial charge on any atom is -0.462 e. The van der Waals surface area contributed by atoms with E-state index in [1.807, 2.05) is 13.0 Å². The molecule has 1 fully saturated rings. The Morgan fingerprint density at radius 1 is 1.06 bits per heavy atom. The van der Waals surface area contributed by atoms with E-state index >= 15 is 0 Å². The fraction of sp³-hybridized carbons (Fsp3) is 0.364. The summed E-state index contributed by atoms with van der Waals surface area (Å²) in [5, 5.41) is 3.42. The molecule has 3 amide bonds. The van der Waals surface area contributed by atoms with Crippen LogP contribution in [0.1, 0.15) is 39.0 Å². The number of hydrogen-bond donors (Lipinski definition) is 1. The normalized spacial score (nSPS) is 13.7. The molecule has 3 rings (SSSR count). The number of nitrogens with zero attached hydrogens (tertiary/aromatic N) is 3. The number of aryl methyl sites for hydroxylation is 2. The molecule has 1 aromatic heterocycles. The van der Waals surface area contributed by atoms with Crippen molar-refractivity contribution in [3.8, 4) is 0 Å². The summed E-state index contributed by atoms with van der Waals surface area (Å²) < 4.78 is 4.99. The van der Waals surface area contributed by atoms with E-state index in [0.29, 0.717) is 48.1 Å². The molecular formula is C22H25ClN4O4. The van der Waals surface area contributed by atoms with Crippen LogP contribution >= 0.6 is 11.6 Å². The smallest absolute Gasteiger partial charge is 0.339 e. The number of halogens is 1. The van der Waals surface area contributed by atoms with E-state index in [9.17, 15) is 14.4 Å². The van der Waals surface area contributed by atoms with Gasteiger partial charge in [0.15, 0.2) is 0 Å². The molecule has 0 unspecified atom stereocenters. The molecule has 164 valence electrons. The molecule has 1 N–H and O–H groups in total. The molecule has 1 saturated heterocycles. The number of carbonyl (C=O) groups excluding carboxylic acids is 3. The van der Waals surface area contributed by atoms with Crippen LogP contribution in [0.15, 0.2) is 30.3 Å². The lowest BCUT2D eigenvalue weighted by Gasteiger charge is -2.34. The monoisotopic (exact) mass is 444 g/mol. The maximum absolute atomic E-state index is 12.8. The zero-order valence-electron chi connectivity index (χ0n) is 17.8. The minimum atomic E-state index is -0.457. The summed E-state index contributed by atoms with van der Waals surface area (Å²) in [6, 6.07) is 8.21. The summed E-state index contributed by atoms with van der Waals surface area (Å²) >= 11 is 6.11. The first-order valence-electron chi connectivity index (χ1n) is 10.1. The first-order valence-corrected chi connectivity index (χ1v) is 10.4. The van der Waals surface area contributed by atoms with Gasteiger partial charge < -0.3 is 19.9 Å². The summed E-state index contributed by atoms with van der Waals surface area (Å²) in [5.41, 5.74) is 2.61. The van der Waals surface area contributed by atoms with Crippen molar-refractivity contribution in [2.75, 3.05) is 38.1 Å². The maximum Gasteiger partial charge on any atom is 0.339 e.